The lowest BCUT2D eigenvalue weighted by Gasteiger charge is -2.22. The highest BCUT2D eigenvalue weighted by atomic mass is 16.8. The average molecular weight is 571 g/mol. The molecule has 0 radical (unpaired) electrons. The first-order valence-electron chi connectivity index (χ1n) is 14.8. The van der Waals surface area contributed by atoms with E-state index >= 15 is 0 Å². The Morgan fingerprint density at radius 3 is 1.75 bits per heavy atom. The van der Waals surface area contributed by atoms with Gasteiger partial charge in [-0.2, -0.15) is 0 Å². The first-order chi connectivity index (χ1) is 18.6. The average Bonchev–Trinajstić information content (AvgIpc) is 3.31. The predicted octanol–water partition coefficient (Wildman–Crippen LogP) is 6.96. The second-order valence-corrected chi connectivity index (χ2v) is 12.0. The first kappa shape index (κ1) is 38.4. The van der Waals surface area contributed by atoms with Gasteiger partial charge in [-0.15, -0.1) is 0 Å². The van der Waals surface area contributed by atoms with Gasteiger partial charge in [0.15, 0.2) is 11.6 Å². The summed E-state index contributed by atoms with van der Waals surface area (Å²) in [6.45, 7) is 22.1. The minimum Gasteiger partial charge on any atom is -0.481 e. The molecular formula is C32H58O8. The van der Waals surface area contributed by atoms with E-state index in [0.717, 1.165) is 19.1 Å². The molecule has 0 saturated carbocycles. The molecule has 2 saturated heterocycles. The van der Waals surface area contributed by atoms with Crippen LogP contribution in [0, 0.1) is 17.8 Å². The van der Waals surface area contributed by atoms with Crippen LogP contribution in [0.3, 0.4) is 0 Å². The molecule has 2 unspecified atom stereocenters. The third kappa shape index (κ3) is 14.9. The molecule has 40 heavy (non-hydrogen) atoms. The van der Waals surface area contributed by atoms with Gasteiger partial charge in [0.1, 0.15) is 24.6 Å². The van der Waals surface area contributed by atoms with Gasteiger partial charge >= 0.3 is 5.97 Å². The van der Waals surface area contributed by atoms with Crippen LogP contribution in [-0.2, 0) is 33.3 Å². The van der Waals surface area contributed by atoms with Gasteiger partial charge in [-0.1, -0.05) is 72.8 Å². The summed E-state index contributed by atoms with van der Waals surface area (Å²) in [6.07, 6.45) is 10.2. The Labute approximate surface area is 243 Å². The zero-order valence-electron chi connectivity index (χ0n) is 27.1. The van der Waals surface area contributed by atoms with Crippen LogP contribution in [0.1, 0.15) is 102 Å². The predicted molar refractivity (Wildman–Crippen MR) is 159 cm³/mol. The zero-order chi connectivity index (χ0) is 31.1. The highest BCUT2D eigenvalue weighted by molar-refractivity contribution is 5.67. The van der Waals surface area contributed by atoms with Crippen molar-refractivity contribution in [3.05, 3.63) is 24.3 Å². The van der Waals surface area contributed by atoms with Gasteiger partial charge in [0.2, 0.25) is 0 Å². The Bertz CT molecular complexity index is 771. The van der Waals surface area contributed by atoms with Gasteiger partial charge in [-0.05, 0) is 52.4 Å². The van der Waals surface area contributed by atoms with Crippen molar-refractivity contribution in [2.45, 2.75) is 144 Å². The van der Waals surface area contributed by atoms with Crippen molar-refractivity contribution < 1.29 is 38.4 Å². The minimum absolute atomic E-state index is 0.0337. The Balaban J connectivity index is 0.000000719. The van der Waals surface area contributed by atoms with Crippen LogP contribution in [0.15, 0.2) is 24.3 Å². The highest BCUT2D eigenvalue weighted by Crippen LogP contribution is 2.34. The summed E-state index contributed by atoms with van der Waals surface area (Å²) in [5.74, 6) is -0.781. The number of carbonyl (C=O) groups excluding carboxylic acids is 1. The summed E-state index contributed by atoms with van der Waals surface area (Å²) < 4.78 is 28.6. The van der Waals surface area contributed by atoms with Crippen molar-refractivity contribution in [3.8, 4) is 0 Å². The van der Waals surface area contributed by atoms with Gasteiger partial charge in [-0.25, -0.2) is 0 Å². The fraction of sp³-hybridized carbons (Fsp3) is 0.812. The molecule has 8 nitrogen and oxygen atoms in total. The van der Waals surface area contributed by atoms with Crippen molar-refractivity contribution in [2.75, 3.05) is 7.11 Å². The van der Waals surface area contributed by atoms with Crippen LogP contribution >= 0.6 is 0 Å². The van der Waals surface area contributed by atoms with E-state index in [1.807, 2.05) is 39.8 Å². The Kier molecular flexibility index (Phi) is 18.0. The first-order valence-corrected chi connectivity index (χ1v) is 14.8. The number of allylic oxidation sites excluding steroid dienone is 2. The van der Waals surface area contributed by atoms with Crippen molar-refractivity contribution in [1.29, 1.82) is 0 Å². The molecule has 2 aliphatic rings. The number of hydrogen-bond donors (Lipinski definition) is 1. The maximum absolute atomic E-state index is 10.9. The zero-order valence-corrected chi connectivity index (χ0v) is 27.1. The van der Waals surface area contributed by atoms with Gasteiger partial charge < -0.3 is 33.6 Å². The molecule has 0 spiro atoms. The van der Waals surface area contributed by atoms with E-state index in [4.69, 9.17) is 28.8 Å². The fourth-order valence-corrected chi connectivity index (χ4v) is 4.54. The largest absolute Gasteiger partial charge is 0.481 e. The van der Waals surface area contributed by atoms with Crippen LogP contribution in [0.25, 0.3) is 0 Å². The van der Waals surface area contributed by atoms with E-state index in [9.17, 15) is 9.59 Å². The summed E-state index contributed by atoms with van der Waals surface area (Å²) in [7, 11) is 1.59. The molecule has 0 aromatic carbocycles. The molecular weight excluding hydrogens is 512 g/mol. The third-order valence-electron chi connectivity index (χ3n) is 6.24. The van der Waals surface area contributed by atoms with E-state index in [1.165, 1.54) is 0 Å². The SMILES string of the molecule is CC.CC(C)C/C=C\C(C)[C@H]1OC(C)(C)O[C@H]1CC=O.COC(/C=C\CC(C)C)[C@H]1OC(C)(C)O[C@H]1CC(=O)O. The standard InChI is InChI=1S/C15H26O5.C15H26O3.C2H6/c1-10(2)7-6-8-11(18-5)14-12(9-13(16)17)19-15(3,4)20-14;1-11(2)7-6-8-12(3)14-13(9-10-16)17-15(4,5)18-14;1-2/h6,8,10-12,14H,7,9H2,1-5H3,(H,16,17);6,8,10-14H,7,9H2,1-5H3;1-2H3/b2*8-6-;/t11?,12-,14+;12?,13-,14+;/m00./s1. The van der Waals surface area contributed by atoms with Crippen LogP contribution in [0.5, 0.6) is 0 Å². The summed E-state index contributed by atoms with van der Waals surface area (Å²) in [6, 6.07) is 0. The quantitative estimate of drug-likeness (QED) is 0.187. The Hall–Kier alpha value is -1.58. The van der Waals surface area contributed by atoms with E-state index < -0.39 is 29.8 Å². The molecule has 0 amide bonds. The van der Waals surface area contributed by atoms with Crippen molar-refractivity contribution >= 4 is 12.3 Å². The molecule has 1 N–H and O–H groups in total. The van der Waals surface area contributed by atoms with E-state index in [0.29, 0.717) is 18.3 Å². The molecule has 0 bridgehead atoms. The normalized spacial score (nSPS) is 26.9. The fourth-order valence-electron chi connectivity index (χ4n) is 4.54. The Morgan fingerprint density at radius 1 is 0.825 bits per heavy atom. The lowest BCUT2D eigenvalue weighted by Crippen LogP contribution is -2.36. The number of carboxylic acid groups (broad SMARTS) is 1. The van der Waals surface area contributed by atoms with E-state index in [-0.39, 0.29) is 30.7 Å². The second kappa shape index (κ2) is 18.8. The summed E-state index contributed by atoms with van der Waals surface area (Å²) in [5, 5.41) is 8.97. The van der Waals surface area contributed by atoms with Crippen molar-refractivity contribution in [3.63, 3.8) is 0 Å². The Morgan fingerprint density at radius 2 is 1.30 bits per heavy atom. The van der Waals surface area contributed by atoms with Crippen LogP contribution in [-0.4, -0.2) is 66.6 Å². The number of methoxy groups -OCH3 is 1. The second-order valence-electron chi connectivity index (χ2n) is 12.0. The van der Waals surface area contributed by atoms with Crippen molar-refractivity contribution in [2.24, 2.45) is 17.8 Å². The molecule has 6 atom stereocenters. The van der Waals surface area contributed by atoms with Crippen LogP contribution < -0.4 is 0 Å². The maximum atomic E-state index is 10.9. The number of aldehydes is 1. The van der Waals surface area contributed by atoms with E-state index in [1.54, 1.807) is 21.0 Å². The smallest absolute Gasteiger partial charge is 0.306 e. The van der Waals surface area contributed by atoms with Gasteiger partial charge in [0, 0.05) is 19.4 Å². The van der Waals surface area contributed by atoms with Crippen LogP contribution in [0.2, 0.25) is 0 Å². The molecule has 2 heterocycles. The third-order valence-corrected chi connectivity index (χ3v) is 6.24. The lowest BCUT2D eigenvalue weighted by atomic mass is 9.97. The molecule has 0 aromatic heterocycles. The van der Waals surface area contributed by atoms with Gasteiger partial charge in [-0.3, -0.25) is 4.79 Å². The molecule has 2 aliphatic heterocycles. The molecule has 2 rings (SSSR count). The van der Waals surface area contributed by atoms with E-state index in [2.05, 4.69) is 46.8 Å². The minimum atomic E-state index is -0.901. The van der Waals surface area contributed by atoms with Crippen molar-refractivity contribution in [1.82, 2.24) is 0 Å². The highest BCUT2D eigenvalue weighted by Gasteiger charge is 2.45. The number of aliphatic carboxylic acids is 1. The summed E-state index contributed by atoms with van der Waals surface area (Å²) in [4.78, 5) is 21.6. The monoisotopic (exact) mass is 570 g/mol. The number of carbonyl (C=O) groups is 2. The maximum Gasteiger partial charge on any atom is 0.306 e. The summed E-state index contributed by atoms with van der Waals surface area (Å²) in [5.41, 5.74) is 0. The molecule has 8 heteroatoms. The number of rotatable bonds is 13. The van der Waals surface area contributed by atoms with Gasteiger partial charge in [0.25, 0.3) is 0 Å². The van der Waals surface area contributed by atoms with Gasteiger partial charge in [0.05, 0.1) is 18.6 Å². The van der Waals surface area contributed by atoms with Crippen LogP contribution in [0.4, 0.5) is 0 Å². The number of carboxylic acids is 1. The lowest BCUT2D eigenvalue weighted by molar-refractivity contribution is -0.157. The number of ether oxygens (including phenoxy) is 5. The summed E-state index contributed by atoms with van der Waals surface area (Å²) >= 11 is 0. The topological polar surface area (TPSA) is 101 Å². The molecule has 0 aromatic rings. The number of hydrogen-bond acceptors (Lipinski definition) is 7. The molecule has 2 fully saturated rings. The molecule has 0 aliphatic carbocycles. The molecule has 234 valence electrons.